The number of thiazole rings is 1. The first-order chi connectivity index (χ1) is 15.1. The number of nitrogens with one attached hydrogen (secondary N) is 1. The summed E-state index contributed by atoms with van der Waals surface area (Å²) in [7, 11) is 0. The van der Waals surface area contributed by atoms with Crippen molar-refractivity contribution in [2.24, 2.45) is 0 Å². The molecule has 162 valence electrons. The molecular formula is C22H24FN5O2S. The average molecular weight is 442 g/mol. The molecule has 1 aromatic carbocycles. The summed E-state index contributed by atoms with van der Waals surface area (Å²) in [5, 5.41) is 23.6. The number of rotatable bonds is 5. The van der Waals surface area contributed by atoms with Crippen LogP contribution in [-0.2, 0) is 4.74 Å². The Morgan fingerprint density at radius 3 is 2.81 bits per heavy atom. The van der Waals surface area contributed by atoms with E-state index in [-0.39, 0.29) is 5.75 Å². The predicted molar refractivity (Wildman–Crippen MR) is 118 cm³/mol. The zero-order chi connectivity index (χ0) is 21.4. The summed E-state index contributed by atoms with van der Waals surface area (Å²) in [6.07, 6.45) is 3.72. The molecule has 9 heteroatoms. The van der Waals surface area contributed by atoms with Crippen LogP contribution in [0.3, 0.4) is 0 Å². The summed E-state index contributed by atoms with van der Waals surface area (Å²) in [5.74, 6) is 0.327. The van der Waals surface area contributed by atoms with Gasteiger partial charge in [0.25, 0.3) is 0 Å². The number of aryl methyl sites for hydroxylation is 1. The van der Waals surface area contributed by atoms with Crippen molar-refractivity contribution in [3.8, 4) is 27.4 Å². The van der Waals surface area contributed by atoms with Gasteiger partial charge in [0.2, 0.25) is 0 Å². The fourth-order valence-corrected chi connectivity index (χ4v) is 4.98. The van der Waals surface area contributed by atoms with Gasteiger partial charge in [0.05, 0.1) is 22.2 Å². The maximum absolute atomic E-state index is 14.7. The van der Waals surface area contributed by atoms with Crippen molar-refractivity contribution < 1.29 is 14.2 Å². The van der Waals surface area contributed by atoms with Gasteiger partial charge >= 0.3 is 0 Å². The lowest BCUT2D eigenvalue weighted by molar-refractivity contribution is 0.188. The van der Waals surface area contributed by atoms with Crippen molar-refractivity contribution in [2.45, 2.75) is 31.8 Å². The van der Waals surface area contributed by atoms with E-state index in [4.69, 9.17) is 4.74 Å². The predicted octanol–water partition coefficient (Wildman–Crippen LogP) is 3.38. The van der Waals surface area contributed by atoms with Crippen molar-refractivity contribution in [3.05, 3.63) is 41.3 Å². The molecule has 0 saturated carbocycles. The van der Waals surface area contributed by atoms with Crippen molar-refractivity contribution in [3.63, 3.8) is 0 Å². The number of hydrogen-bond acceptors (Lipinski definition) is 8. The molecule has 0 radical (unpaired) electrons. The molecule has 0 spiro atoms. The van der Waals surface area contributed by atoms with Gasteiger partial charge in [0.15, 0.2) is 5.82 Å². The molecule has 2 N–H and O–H groups in total. The topological polar surface area (TPSA) is 83.4 Å². The van der Waals surface area contributed by atoms with Crippen molar-refractivity contribution in [1.82, 2.24) is 20.5 Å². The molecule has 2 aliphatic heterocycles. The number of aromatic hydroxyl groups is 1. The molecule has 3 aromatic rings. The molecule has 2 aliphatic rings. The Bertz CT molecular complexity index is 1070. The van der Waals surface area contributed by atoms with Crippen molar-refractivity contribution >= 4 is 17.2 Å². The highest BCUT2D eigenvalue weighted by molar-refractivity contribution is 7.15. The van der Waals surface area contributed by atoms with Crippen LogP contribution in [0.15, 0.2) is 30.5 Å². The number of ether oxygens (including phenoxy) is 1. The number of benzene rings is 1. The van der Waals surface area contributed by atoms with E-state index in [0.29, 0.717) is 33.8 Å². The Morgan fingerprint density at radius 1 is 1.19 bits per heavy atom. The summed E-state index contributed by atoms with van der Waals surface area (Å²) in [6.45, 7) is 5.25. The molecule has 2 saturated heterocycles. The second-order valence-corrected chi connectivity index (χ2v) is 9.26. The normalized spacial score (nSPS) is 21.2. The fourth-order valence-electron chi connectivity index (χ4n) is 4.18. The molecule has 0 amide bonds. The minimum absolute atomic E-state index is 0.0336. The van der Waals surface area contributed by atoms with E-state index in [1.54, 1.807) is 12.3 Å². The highest BCUT2D eigenvalue weighted by atomic mass is 32.1. The summed E-state index contributed by atoms with van der Waals surface area (Å²) in [4.78, 5) is 7.03. The molecular weight excluding hydrogens is 417 g/mol. The van der Waals surface area contributed by atoms with E-state index in [9.17, 15) is 9.50 Å². The number of anilines is 1. The van der Waals surface area contributed by atoms with Crippen molar-refractivity contribution in [1.29, 1.82) is 0 Å². The van der Waals surface area contributed by atoms with E-state index in [1.165, 1.54) is 23.5 Å². The van der Waals surface area contributed by atoms with Crippen LogP contribution in [0.5, 0.6) is 5.75 Å². The molecule has 2 fully saturated rings. The first kappa shape index (κ1) is 20.3. The maximum Gasteiger partial charge on any atom is 0.151 e. The highest BCUT2D eigenvalue weighted by Gasteiger charge is 2.27. The summed E-state index contributed by atoms with van der Waals surface area (Å²) >= 11 is 1.38. The van der Waals surface area contributed by atoms with Crippen LogP contribution in [0.25, 0.3) is 21.7 Å². The van der Waals surface area contributed by atoms with Gasteiger partial charge in [-0.05, 0) is 44.0 Å². The SMILES string of the molecule is Cc1ncc(-c2cc(O)c(-c3ccc(N4CC[C@@H](NC5CCOC5)C4)nn3)cc2F)s1. The second-order valence-electron chi connectivity index (χ2n) is 8.03. The van der Waals surface area contributed by atoms with Crippen LogP contribution in [-0.4, -0.2) is 58.7 Å². The van der Waals surface area contributed by atoms with Gasteiger partial charge in [-0.3, -0.25) is 0 Å². The summed E-state index contributed by atoms with van der Waals surface area (Å²) in [6, 6.07) is 7.24. The Labute approximate surface area is 183 Å². The molecule has 2 atom stereocenters. The lowest BCUT2D eigenvalue weighted by Crippen LogP contribution is -2.40. The average Bonchev–Trinajstić information content (AvgIpc) is 3.53. The summed E-state index contributed by atoms with van der Waals surface area (Å²) in [5.41, 5.74) is 1.09. The van der Waals surface area contributed by atoms with Crippen LogP contribution in [0.4, 0.5) is 10.2 Å². The Kier molecular flexibility index (Phi) is 5.56. The number of nitrogens with zero attached hydrogens (tertiary/aromatic N) is 4. The van der Waals surface area contributed by atoms with Gasteiger partial charge in [-0.25, -0.2) is 9.37 Å². The Hall–Kier alpha value is -2.62. The van der Waals surface area contributed by atoms with Gasteiger partial charge < -0.3 is 20.1 Å². The molecule has 4 heterocycles. The number of phenols is 1. The quantitative estimate of drug-likeness (QED) is 0.628. The lowest BCUT2D eigenvalue weighted by atomic mass is 10.1. The van der Waals surface area contributed by atoms with Crippen LogP contribution >= 0.6 is 11.3 Å². The molecule has 0 aliphatic carbocycles. The second kappa shape index (κ2) is 8.49. The van der Waals surface area contributed by atoms with Gasteiger partial charge in [-0.2, -0.15) is 0 Å². The molecule has 0 bridgehead atoms. The first-order valence-electron chi connectivity index (χ1n) is 10.4. The Morgan fingerprint density at radius 2 is 2.10 bits per heavy atom. The van der Waals surface area contributed by atoms with Crippen LogP contribution in [0.1, 0.15) is 17.8 Å². The Balaban J connectivity index is 1.30. The maximum atomic E-state index is 14.7. The van der Waals surface area contributed by atoms with Gasteiger partial charge in [0.1, 0.15) is 11.6 Å². The van der Waals surface area contributed by atoms with Gasteiger partial charge in [-0.1, -0.05) is 0 Å². The van der Waals surface area contributed by atoms with E-state index in [0.717, 1.165) is 50.0 Å². The highest BCUT2D eigenvalue weighted by Crippen LogP contribution is 2.36. The van der Waals surface area contributed by atoms with Gasteiger partial charge in [0, 0.05) is 49.1 Å². The number of aromatic nitrogens is 3. The van der Waals surface area contributed by atoms with E-state index in [2.05, 4.69) is 25.4 Å². The third-order valence-electron chi connectivity index (χ3n) is 5.81. The van der Waals surface area contributed by atoms with Crippen LogP contribution in [0, 0.1) is 12.7 Å². The first-order valence-corrected chi connectivity index (χ1v) is 11.3. The largest absolute Gasteiger partial charge is 0.507 e. The molecule has 31 heavy (non-hydrogen) atoms. The fraction of sp³-hybridized carbons (Fsp3) is 0.409. The smallest absolute Gasteiger partial charge is 0.151 e. The van der Waals surface area contributed by atoms with Gasteiger partial charge in [-0.15, -0.1) is 21.5 Å². The number of phenolic OH excluding ortho intramolecular Hbond substituents is 1. The molecule has 1 unspecified atom stereocenters. The van der Waals surface area contributed by atoms with Crippen molar-refractivity contribution in [2.75, 3.05) is 31.2 Å². The number of halogens is 1. The zero-order valence-corrected chi connectivity index (χ0v) is 18.0. The molecule has 2 aromatic heterocycles. The van der Waals surface area contributed by atoms with Crippen LogP contribution < -0.4 is 10.2 Å². The third-order valence-corrected chi connectivity index (χ3v) is 6.76. The van der Waals surface area contributed by atoms with Crippen LogP contribution in [0.2, 0.25) is 0 Å². The van der Waals surface area contributed by atoms with E-state index in [1.807, 2.05) is 13.0 Å². The standard InChI is InChI=1S/C22H24FN5O2S/c1-13-24-10-21(31-13)16-9-20(29)17(8-18(16)23)19-2-3-22(27-26-19)28-6-4-14(11-28)25-15-5-7-30-12-15/h2-3,8-10,14-15,25,29H,4-7,11-12H2,1H3/t14-,15?/m1/s1. The minimum atomic E-state index is -0.424. The minimum Gasteiger partial charge on any atom is -0.507 e. The molecule has 7 nitrogen and oxygen atoms in total. The summed E-state index contributed by atoms with van der Waals surface area (Å²) < 4.78 is 20.2. The molecule has 5 rings (SSSR count). The van der Waals surface area contributed by atoms with E-state index < -0.39 is 5.82 Å². The lowest BCUT2D eigenvalue weighted by Gasteiger charge is -2.19. The monoisotopic (exact) mass is 441 g/mol. The van der Waals surface area contributed by atoms with E-state index >= 15 is 0 Å². The number of hydrogen-bond donors (Lipinski definition) is 2. The zero-order valence-electron chi connectivity index (χ0n) is 17.2. The third kappa shape index (κ3) is 4.26.